The van der Waals surface area contributed by atoms with Gasteiger partial charge in [0.2, 0.25) is 0 Å². The molecule has 19 heavy (non-hydrogen) atoms. The van der Waals surface area contributed by atoms with Gasteiger partial charge in [-0.1, -0.05) is 6.07 Å². The standard InChI is InChI=1S/C14H19N3O2/c1-9-14(11(8-15)17(2)16-9)10-5-6-12(18-3)13(7-10)19-4/h5-7H,8,15H2,1-4H3. The number of benzene rings is 1. The SMILES string of the molecule is COc1ccc(-c2c(C)nn(C)c2CN)cc1OC. The molecule has 0 saturated carbocycles. The summed E-state index contributed by atoms with van der Waals surface area (Å²) >= 11 is 0. The average molecular weight is 261 g/mol. The fourth-order valence-corrected chi connectivity index (χ4v) is 2.31. The van der Waals surface area contributed by atoms with E-state index in [9.17, 15) is 0 Å². The normalized spacial score (nSPS) is 10.6. The summed E-state index contributed by atoms with van der Waals surface area (Å²) in [6, 6.07) is 5.83. The number of nitrogens with two attached hydrogens (primary N) is 1. The molecule has 0 amide bonds. The molecule has 1 aromatic heterocycles. The fraction of sp³-hybridized carbons (Fsp3) is 0.357. The Hall–Kier alpha value is -2.01. The molecular weight excluding hydrogens is 242 g/mol. The molecule has 2 rings (SSSR count). The predicted octanol–water partition coefficient (Wildman–Crippen LogP) is 1.87. The maximum atomic E-state index is 5.81. The number of methoxy groups -OCH3 is 2. The summed E-state index contributed by atoms with van der Waals surface area (Å²) in [5.74, 6) is 1.41. The van der Waals surface area contributed by atoms with Crippen LogP contribution in [0.2, 0.25) is 0 Å². The molecule has 0 aliphatic carbocycles. The van der Waals surface area contributed by atoms with Crippen LogP contribution in [0, 0.1) is 6.92 Å². The minimum absolute atomic E-state index is 0.445. The molecule has 1 aromatic carbocycles. The van der Waals surface area contributed by atoms with Crippen molar-refractivity contribution in [3.8, 4) is 22.6 Å². The number of rotatable bonds is 4. The molecule has 5 heteroatoms. The second-order valence-corrected chi connectivity index (χ2v) is 4.30. The van der Waals surface area contributed by atoms with Crippen LogP contribution < -0.4 is 15.2 Å². The Morgan fingerprint density at radius 3 is 2.47 bits per heavy atom. The molecule has 0 bridgehead atoms. The zero-order valence-corrected chi connectivity index (χ0v) is 11.7. The lowest BCUT2D eigenvalue weighted by atomic mass is 10.0. The van der Waals surface area contributed by atoms with Crippen LogP contribution >= 0.6 is 0 Å². The van der Waals surface area contributed by atoms with Gasteiger partial charge in [-0.2, -0.15) is 5.10 Å². The van der Waals surface area contributed by atoms with Gasteiger partial charge in [0, 0.05) is 19.2 Å². The Morgan fingerprint density at radius 2 is 1.89 bits per heavy atom. The third-order valence-electron chi connectivity index (χ3n) is 3.21. The molecule has 102 valence electrons. The van der Waals surface area contributed by atoms with Crippen LogP contribution in [-0.4, -0.2) is 24.0 Å². The van der Waals surface area contributed by atoms with Gasteiger partial charge in [0.1, 0.15) is 0 Å². The van der Waals surface area contributed by atoms with Gasteiger partial charge in [-0.3, -0.25) is 4.68 Å². The summed E-state index contributed by atoms with van der Waals surface area (Å²) in [5.41, 5.74) is 9.86. The van der Waals surface area contributed by atoms with Crippen molar-refractivity contribution < 1.29 is 9.47 Å². The van der Waals surface area contributed by atoms with E-state index in [4.69, 9.17) is 15.2 Å². The third-order valence-corrected chi connectivity index (χ3v) is 3.21. The van der Waals surface area contributed by atoms with E-state index in [2.05, 4.69) is 5.10 Å². The minimum atomic E-state index is 0.445. The Kier molecular flexibility index (Phi) is 3.76. The molecular formula is C14H19N3O2. The highest BCUT2D eigenvalue weighted by atomic mass is 16.5. The summed E-state index contributed by atoms with van der Waals surface area (Å²) < 4.78 is 12.4. The number of aromatic nitrogens is 2. The Labute approximate surface area is 112 Å². The second-order valence-electron chi connectivity index (χ2n) is 4.30. The number of hydrogen-bond acceptors (Lipinski definition) is 4. The minimum Gasteiger partial charge on any atom is -0.493 e. The van der Waals surface area contributed by atoms with Crippen LogP contribution in [0.4, 0.5) is 0 Å². The number of hydrogen-bond donors (Lipinski definition) is 1. The molecule has 0 saturated heterocycles. The number of aryl methyl sites for hydroxylation is 2. The highest BCUT2D eigenvalue weighted by Gasteiger charge is 2.15. The molecule has 5 nitrogen and oxygen atoms in total. The van der Waals surface area contributed by atoms with Gasteiger partial charge in [0.25, 0.3) is 0 Å². The lowest BCUT2D eigenvalue weighted by Gasteiger charge is -2.10. The van der Waals surface area contributed by atoms with E-state index in [1.807, 2.05) is 36.9 Å². The molecule has 1 heterocycles. The van der Waals surface area contributed by atoms with Gasteiger partial charge >= 0.3 is 0 Å². The van der Waals surface area contributed by atoms with Crippen molar-refractivity contribution in [3.05, 3.63) is 29.6 Å². The summed E-state index contributed by atoms with van der Waals surface area (Å²) in [6.45, 7) is 2.42. The summed E-state index contributed by atoms with van der Waals surface area (Å²) in [7, 11) is 5.15. The summed E-state index contributed by atoms with van der Waals surface area (Å²) in [4.78, 5) is 0. The molecule has 0 atom stereocenters. The maximum absolute atomic E-state index is 5.81. The van der Waals surface area contributed by atoms with E-state index in [-0.39, 0.29) is 0 Å². The van der Waals surface area contributed by atoms with Crippen LogP contribution in [0.25, 0.3) is 11.1 Å². The van der Waals surface area contributed by atoms with E-state index in [0.717, 1.165) is 22.5 Å². The number of ether oxygens (including phenoxy) is 2. The van der Waals surface area contributed by atoms with Crippen molar-refractivity contribution >= 4 is 0 Å². The zero-order chi connectivity index (χ0) is 14.0. The smallest absolute Gasteiger partial charge is 0.161 e. The van der Waals surface area contributed by atoms with E-state index in [0.29, 0.717) is 18.0 Å². The molecule has 0 fully saturated rings. The first-order valence-corrected chi connectivity index (χ1v) is 6.07. The fourth-order valence-electron chi connectivity index (χ4n) is 2.31. The van der Waals surface area contributed by atoms with Crippen molar-refractivity contribution in [2.75, 3.05) is 14.2 Å². The number of nitrogens with zero attached hydrogens (tertiary/aromatic N) is 2. The van der Waals surface area contributed by atoms with E-state index in [1.54, 1.807) is 14.2 Å². The predicted molar refractivity (Wildman–Crippen MR) is 74.4 cm³/mol. The van der Waals surface area contributed by atoms with Gasteiger partial charge in [0.05, 0.1) is 25.6 Å². The highest BCUT2D eigenvalue weighted by molar-refractivity contribution is 5.71. The molecule has 0 aliphatic rings. The third kappa shape index (κ3) is 2.29. The first-order valence-electron chi connectivity index (χ1n) is 6.07. The van der Waals surface area contributed by atoms with Crippen LogP contribution in [-0.2, 0) is 13.6 Å². The molecule has 0 unspecified atom stereocenters. The van der Waals surface area contributed by atoms with Crippen LogP contribution in [0.1, 0.15) is 11.4 Å². The van der Waals surface area contributed by atoms with Gasteiger partial charge in [0.15, 0.2) is 11.5 Å². The molecule has 0 aliphatic heterocycles. The van der Waals surface area contributed by atoms with Crippen LogP contribution in [0.3, 0.4) is 0 Å². The van der Waals surface area contributed by atoms with Crippen molar-refractivity contribution in [1.29, 1.82) is 0 Å². The second kappa shape index (κ2) is 5.32. The van der Waals surface area contributed by atoms with E-state index in [1.165, 1.54) is 0 Å². The van der Waals surface area contributed by atoms with Gasteiger partial charge in [-0.15, -0.1) is 0 Å². The van der Waals surface area contributed by atoms with Gasteiger partial charge in [-0.05, 0) is 24.6 Å². The largest absolute Gasteiger partial charge is 0.493 e. The lowest BCUT2D eigenvalue weighted by molar-refractivity contribution is 0.355. The monoisotopic (exact) mass is 261 g/mol. The Balaban J connectivity index is 2.59. The summed E-state index contributed by atoms with van der Waals surface area (Å²) in [6.07, 6.45) is 0. The first kappa shape index (κ1) is 13.4. The van der Waals surface area contributed by atoms with E-state index < -0.39 is 0 Å². The van der Waals surface area contributed by atoms with E-state index >= 15 is 0 Å². The topological polar surface area (TPSA) is 62.3 Å². The van der Waals surface area contributed by atoms with Crippen molar-refractivity contribution in [3.63, 3.8) is 0 Å². The van der Waals surface area contributed by atoms with Crippen LogP contribution in [0.5, 0.6) is 11.5 Å². The average Bonchev–Trinajstić information content (AvgIpc) is 2.71. The van der Waals surface area contributed by atoms with Gasteiger partial charge < -0.3 is 15.2 Å². The summed E-state index contributed by atoms with van der Waals surface area (Å²) in [5, 5.41) is 4.42. The molecule has 0 spiro atoms. The Bertz CT molecular complexity index is 591. The quantitative estimate of drug-likeness (QED) is 0.912. The van der Waals surface area contributed by atoms with Crippen molar-refractivity contribution in [2.24, 2.45) is 12.8 Å². The van der Waals surface area contributed by atoms with Gasteiger partial charge in [-0.25, -0.2) is 0 Å². The van der Waals surface area contributed by atoms with Crippen molar-refractivity contribution in [1.82, 2.24) is 9.78 Å². The molecule has 2 N–H and O–H groups in total. The maximum Gasteiger partial charge on any atom is 0.161 e. The zero-order valence-electron chi connectivity index (χ0n) is 11.7. The van der Waals surface area contributed by atoms with Crippen LogP contribution in [0.15, 0.2) is 18.2 Å². The van der Waals surface area contributed by atoms with Crippen molar-refractivity contribution in [2.45, 2.75) is 13.5 Å². The molecule has 2 aromatic rings. The highest BCUT2D eigenvalue weighted by Crippen LogP contribution is 2.34. The first-order chi connectivity index (χ1) is 9.12. The lowest BCUT2D eigenvalue weighted by Crippen LogP contribution is -2.05. The molecule has 0 radical (unpaired) electrons. The Morgan fingerprint density at radius 1 is 1.21 bits per heavy atom.